The molecule has 0 bridgehead atoms. The standard InChI is InChI=1S/C37H57NO5/c1-22(2)29-25(40)20-37(38-31(41)42-21-33(6)16-17-33)19-18-35(8)24(30(29)37)10-11-27-34(7)14-13-28(43-23(3)39)32(4,5)26(34)12-15-36(27,35)9/h22,26-29H,10-21H2,1-9H3,(H,38,41)/t26?,27?,28-,29?,34-,35+,36+,37+/m0/s1. The van der Waals surface area contributed by atoms with Crippen LogP contribution in [0.1, 0.15) is 133 Å². The molecule has 6 aliphatic rings. The lowest BCUT2D eigenvalue weighted by atomic mass is 9.34. The van der Waals surface area contributed by atoms with Gasteiger partial charge < -0.3 is 14.8 Å². The number of hydrogen-bond donors (Lipinski definition) is 1. The van der Waals surface area contributed by atoms with Crippen molar-refractivity contribution < 1.29 is 23.9 Å². The maximum Gasteiger partial charge on any atom is 0.407 e. The van der Waals surface area contributed by atoms with E-state index >= 15 is 0 Å². The zero-order chi connectivity index (χ0) is 31.4. The van der Waals surface area contributed by atoms with Gasteiger partial charge in [-0.05, 0) is 104 Å². The molecular weight excluding hydrogens is 538 g/mol. The number of ether oxygens (including phenoxy) is 2. The van der Waals surface area contributed by atoms with Crippen molar-refractivity contribution in [2.75, 3.05) is 6.61 Å². The predicted octanol–water partition coefficient (Wildman–Crippen LogP) is 8.18. The second kappa shape index (κ2) is 9.82. The molecule has 240 valence electrons. The van der Waals surface area contributed by atoms with Gasteiger partial charge in [0.2, 0.25) is 0 Å². The number of carbonyl (C=O) groups is 3. The number of fused-ring (bicyclic) bond motifs is 6. The molecule has 43 heavy (non-hydrogen) atoms. The number of Topliss-reactive ketones (excluding diaryl/α,β-unsaturated/α-hetero) is 1. The number of hydrogen-bond acceptors (Lipinski definition) is 5. The highest BCUT2D eigenvalue weighted by Crippen LogP contribution is 2.75. The third-order valence-electron chi connectivity index (χ3n) is 14.6. The Labute approximate surface area is 259 Å². The van der Waals surface area contributed by atoms with Gasteiger partial charge in [0, 0.05) is 30.1 Å². The Bertz CT molecular complexity index is 1250. The van der Waals surface area contributed by atoms with E-state index in [2.05, 4.69) is 60.7 Å². The maximum absolute atomic E-state index is 13.8. The Morgan fingerprint density at radius 3 is 2.23 bits per heavy atom. The van der Waals surface area contributed by atoms with Gasteiger partial charge in [-0.1, -0.05) is 61.0 Å². The summed E-state index contributed by atoms with van der Waals surface area (Å²) < 4.78 is 11.7. The van der Waals surface area contributed by atoms with Gasteiger partial charge in [-0.25, -0.2) is 4.79 Å². The summed E-state index contributed by atoms with van der Waals surface area (Å²) in [6.07, 6.45) is 10.4. The van der Waals surface area contributed by atoms with E-state index in [4.69, 9.17) is 9.47 Å². The van der Waals surface area contributed by atoms with Crippen LogP contribution in [0.5, 0.6) is 0 Å². The van der Waals surface area contributed by atoms with Gasteiger partial charge in [-0.15, -0.1) is 0 Å². The van der Waals surface area contributed by atoms with E-state index in [0.29, 0.717) is 24.9 Å². The first-order chi connectivity index (χ1) is 19.9. The van der Waals surface area contributed by atoms with E-state index in [1.165, 1.54) is 11.1 Å². The molecule has 8 atom stereocenters. The minimum absolute atomic E-state index is 0.0234. The molecule has 0 spiro atoms. The van der Waals surface area contributed by atoms with Crippen LogP contribution in [-0.2, 0) is 19.1 Å². The van der Waals surface area contributed by atoms with Crippen LogP contribution in [0.2, 0.25) is 0 Å². The quantitative estimate of drug-likeness (QED) is 0.256. The van der Waals surface area contributed by atoms with Gasteiger partial charge in [-0.2, -0.15) is 0 Å². The molecule has 5 saturated carbocycles. The van der Waals surface area contributed by atoms with Crippen LogP contribution < -0.4 is 5.32 Å². The lowest BCUT2D eigenvalue weighted by molar-refractivity contribution is -0.212. The summed E-state index contributed by atoms with van der Waals surface area (Å²) in [5.74, 6) is 1.23. The van der Waals surface area contributed by atoms with Crippen molar-refractivity contribution >= 4 is 17.8 Å². The molecule has 5 fully saturated rings. The molecular formula is C37H57NO5. The highest BCUT2D eigenvalue weighted by atomic mass is 16.6. The Morgan fingerprint density at radius 1 is 0.907 bits per heavy atom. The zero-order valence-electron chi connectivity index (χ0n) is 28.4. The summed E-state index contributed by atoms with van der Waals surface area (Å²) in [6.45, 7) is 20.8. The number of carbonyl (C=O) groups excluding carboxylic acids is 3. The van der Waals surface area contributed by atoms with Crippen molar-refractivity contribution in [2.45, 2.75) is 145 Å². The van der Waals surface area contributed by atoms with Gasteiger partial charge >= 0.3 is 12.1 Å². The minimum Gasteiger partial charge on any atom is -0.462 e. The fourth-order valence-corrected chi connectivity index (χ4v) is 11.9. The van der Waals surface area contributed by atoms with Crippen molar-refractivity contribution in [3.8, 4) is 0 Å². The third-order valence-corrected chi connectivity index (χ3v) is 14.6. The summed E-state index contributed by atoms with van der Waals surface area (Å²) >= 11 is 0. The van der Waals surface area contributed by atoms with Gasteiger partial charge in [0.1, 0.15) is 11.9 Å². The number of amides is 1. The van der Waals surface area contributed by atoms with Crippen molar-refractivity contribution in [3.05, 3.63) is 11.1 Å². The maximum atomic E-state index is 13.8. The van der Waals surface area contributed by atoms with E-state index in [1.54, 1.807) is 6.92 Å². The van der Waals surface area contributed by atoms with Gasteiger partial charge in [0.05, 0.1) is 12.1 Å². The second-order valence-electron chi connectivity index (χ2n) is 17.7. The van der Waals surface area contributed by atoms with Crippen LogP contribution in [0, 0.1) is 50.7 Å². The molecule has 6 heteroatoms. The van der Waals surface area contributed by atoms with E-state index < -0.39 is 5.54 Å². The van der Waals surface area contributed by atoms with Crippen LogP contribution in [0.25, 0.3) is 0 Å². The van der Waals surface area contributed by atoms with Gasteiger partial charge in [0.15, 0.2) is 0 Å². The minimum atomic E-state index is -0.614. The Balaban J connectivity index is 1.37. The number of ketones is 1. The Morgan fingerprint density at radius 2 is 1.60 bits per heavy atom. The third kappa shape index (κ3) is 4.48. The molecule has 6 nitrogen and oxygen atoms in total. The summed E-state index contributed by atoms with van der Waals surface area (Å²) in [6, 6.07) is 0. The number of nitrogens with one attached hydrogen (secondary N) is 1. The predicted molar refractivity (Wildman–Crippen MR) is 167 cm³/mol. The molecule has 0 saturated heterocycles. The van der Waals surface area contributed by atoms with Gasteiger partial charge in [-0.3, -0.25) is 9.59 Å². The van der Waals surface area contributed by atoms with Crippen LogP contribution in [-0.4, -0.2) is 36.1 Å². The topological polar surface area (TPSA) is 81.7 Å². The molecule has 0 aromatic carbocycles. The second-order valence-corrected chi connectivity index (χ2v) is 17.7. The first-order valence-electron chi connectivity index (χ1n) is 17.3. The Hall–Kier alpha value is -1.85. The average molecular weight is 596 g/mol. The normalized spacial score (nSPS) is 44.1. The molecule has 1 N–H and O–H groups in total. The van der Waals surface area contributed by atoms with Crippen LogP contribution in [0.3, 0.4) is 0 Å². The monoisotopic (exact) mass is 595 g/mol. The SMILES string of the molecule is CC(=O)O[C@H]1CC[C@@]2(C)C(CC[C@]3(C)C2CCC2=C4C(C(C)C)C(=O)C[C@]4(NC(=O)OCC4(C)CC4)CC[C@]23C)C1(C)C. The summed E-state index contributed by atoms with van der Waals surface area (Å²) in [5.41, 5.74) is 2.42. The van der Waals surface area contributed by atoms with Crippen molar-refractivity contribution in [1.29, 1.82) is 0 Å². The molecule has 0 heterocycles. The van der Waals surface area contributed by atoms with E-state index in [-0.39, 0.29) is 62.9 Å². The van der Waals surface area contributed by atoms with Gasteiger partial charge in [0.25, 0.3) is 0 Å². The molecule has 0 aromatic heterocycles. The molecule has 0 aromatic rings. The number of rotatable bonds is 5. The lowest BCUT2D eigenvalue weighted by Gasteiger charge is -2.70. The summed E-state index contributed by atoms with van der Waals surface area (Å²) in [4.78, 5) is 39.1. The van der Waals surface area contributed by atoms with Crippen molar-refractivity contribution in [3.63, 3.8) is 0 Å². The molecule has 6 rings (SSSR count). The molecule has 0 aliphatic heterocycles. The fraction of sp³-hybridized carbons (Fsp3) is 0.865. The van der Waals surface area contributed by atoms with E-state index in [9.17, 15) is 14.4 Å². The lowest BCUT2D eigenvalue weighted by Crippen LogP contribution is -2.65. The van der Waals surface area contributed by atoms with Crippen LogP contribution in [0.4, 0.5) is 4.79 Å². The molecule has 6 aliphatic carbocycles. The zero-order valence-corrected chi connectivity index (χ0v) is 28.4. The van der Waals surface area contributed by atoms with Crippen LogP contribution >= 0.6 is 0 Å². The largest absolute Gasteiger partial charge is 0.462 e. The van der Waals surface area contributed by atoms with E-state index in [1.807, 2.05) is 0 Å². The summed E-state index contributed by atoms with van der Waals surface area (Å²) in [7, 11) is 0. The van der Waals surface area contributed by atoms with Crippen molar-refractivity contribution in [1.82, 2.24) is 5.32 Å². The smallest absolute Gasteiger partial charge is 0.407 e. The number of alkyl carbamates (subject to hydrolysis) is 1. The summed E-state index contributed by atoms with van der Waals surface area (Å²) in [5, 5.41) is 3.35. The fourth-order valence-electron chi connectivity index (χ4n) is 11.9. The molecule has 1 amide bonds. The van der Waals surface area contributed by atoms with Crippen LogP contribution in [0.15, 0.2) is 11.1 Å². The van der Waals surface area contributed by atoms with Crippen molar-refractivity contribution in [2.24, 2.45) is 50.7 Å². The average Bonchev–Trinajstić information content (AvgIpc) is 3.56. The number of allylic oxidation sites excluding steroid dienone is 1. The molecule has 0 radical (unpaired) electrons. The first kappa shape index (κ1) is 31.1. The highest BCUT2D eigenvalue weighted by molar-refractivity contribution is 5.92. The molecule has 3 unspecified atom stereocenters. The van der Waals surface area contributed by atoms with E-state index in [0.717, 1.165) is 64.2 Å². The Kier molecular flexibility index (Phi) is 7.12. The highest BCUT2D eigenvalue weighted by Gasteiger charge is 2.69. The number of esters is 1. The first-order valence-corrected chi connectivity index (χ1v) is 17.3.